The molecule has 1 aliphatic heterocycles. The zero-order chi connectivity index (χ0) is 20.3. The Morgan fingerprint density at radius 3 is 2.38 bits per heavy atom. The Morgan fingerprint density at radius 2 is 1.62 bits per heavy atom. The van der Waals surface area contributed by atoms with Crippen LogP contribution in [0.4, 0.5) is 0 Å². The first kappa shape index (κ1) is 21.6. The van der Waals surface area contributed by atoms with Gasteiger partial charge in [0.1, 0.15) is 18.1 Å². The first-order valence-electron chi connectivity index (χ1n) is 10.2. The molecule has 0 unspecified atom stereocenters. The van der Waals surface area contributed by atoms with Crippen LogP contribution in [-0.2, 0) is 11.3 Å². The van der Waals surface area contributed by atoms with E-state index in [1.807, 2.05) is 24.3 Å². The van der Waals surface area contributed by atoms with Crippen LogP contribution in [-0.4, -0.2) is 80.7 Å². The molecule has 0 amide bonds. The van der Waals surface area contributed by atoms with E-state index in [1.54, 1.807) is 7.11 Å². The van der Waals surface area contributed by atoms with Crippen LogP contribution in [0.3, 0.4) is 0 Å². The Morgan fingerprint density at radius 1 is 0.897 bits per heavy atom. The van der Waals surface area contributed by atoms with Crippen LogP contribution in [0.25, 0.3) is 0 Å². The highest BCUT2D eigenvalue weighted by molar-refractivity contribution is 5.32. The van der Waals surface area contributed by atoms with Crippen molar-refractivity contribution in [2.45, 2.75) is 12.6 Å². The molecule has 0 radical (unpaired) electrons. The van der Waals surface area contributed by atoms with E-state index in [0.29, 0.717) is 26.4 Å². The van der Waals surface area contributed by atoms with Crippen molar-refractivity contribution in [1.29, 1.82) is 0 Å². The van der Waals surface area contributed by atoms with Gasteiger partial charge in [-0.05, 0) is 17.7 Å². The number of aliphatic hydroxyl groups excluding tert-OH is 1. The molecule has 29 heavy (non-hydrogen) atoms. The number of nitrogens with zero attached hydrogens (tertiary/aromatic N) is 2. The zero-order valence-corrected chi connectivity index (χ0v) is 17.2. The van der Waals surface area contributed by atoms with Crippen LogP contribution in [0.5, 0.6) is 11.5 Å². The highest BCUT2D eigenvalue weighted by Crippen LogP contribution is 2.18. The lowest BCUT2D eigenvalue weighted by molar-refractivity contribution is -0.000445. The molecule has 1 saturated heterocycles. The maximum Gasteiger partial charge on any atom is 0.123 e. The van der Waals surface area contributed by atoms with E-state index in [0.717, 1.165) is 44.2 Å². The molecule has 0 aromatic heterocycles. The highest BCUT2D eigenvalue weighted by atomic mass is 16.5. The predicted molar refractivity (Wildman–Crippen MR) is 113 cm³/mol. The molecule has 2 aromatic carbocycles. The maximum absolute atomic E-state index is 10.2. The normalized spacial score (nSPS) is 16.5. The van der Waals surface area contributed by atoms with Crippen molar-refractivity contribution in [3.8, 4) is 11.5 Å². The number of methoxy groups -OCH3 is 1. The number of β-amino-alcohol motifs (C(OH)–C–C–N with tert-alkyl or cyclic N) is 1. The second-order valence-electron chi connectivity index (χ2n) is 7.32. The van der Waals surface area contributed by atoms with E-state index in [2.05, 4.69) is 40.1 Å². The molecule has 6 nitrogen and oxygen atoms in total. The van der Waals surface area contributed by atoms with Crippen LogP contribution in [0, 0.1) is 0 Å². The van der Waals surface area contributed by atoms with Gasteiger partial charge in [-0.1, -0.05) is 36.4 Å². The molecule has 2 aromatic rings. The smallest absolute Gasteiger partial charge is 0.123 e. The lowest BCUT2D eigenvalue weighted by Crippen LogP contribution is -2.48. The van der Waals surface area contributed by atoms with Crippen LogP contribution in [0.15, 0.2) is 54.6 Å². The molecule has 1 aliphatic rings. The van der Waals surface area contributed by atoms with E-state index in [4.69, 9.17) is 14.2 Å². The van der Waals surface area contributed by atoms with E-state index >= 15 is 0 Å². The third-order valence-corrected chi connectivity index (χ3v) is 5.03. The van der Waals surface area contributed by atoms with Crippen molar-refractivity contribution >= 4 is 0 Å². The average Bonchev–Trinajstić information content (AvgIpc) is 2.76. The summed E-state index contributed by atoms with van der Waals surface area (Å²) in [5, 5.41) is 10.2. The first-order chi connectivity index (χ1) is 14.2. The number of rotatable bonds is 11. The minimum atomic E-state index is -0.479. The van der Waals surface area contributed by atoms with Gasteiger partial charge in [0.05, 0.1) is 26.4 Å². The van der Waals surface area contributed by atoms with Crippen molar-refractivity contribution in [2.75, 3.05) is 59.7 Å². The predicted octanol–water partition coefficient (Wildman–Crippen LogP) is 2.27. The molecular weight excluding hydrogens is 368 g/mol. The SMILES string of the molecule is COc1cccc(OCCOC[C@@H](O)CN2CCN(Cc3ccccc3)CC2)c1. The molecule has 1 N–H and O–H groups in total. The van der Waals surface area contributed by atoms with Crippen molar-refractivity contribution in [3.05, 3.63) is 60.2 Å². The molecule has 1 heterocycles. The Bertz CT molecular complexity index is 705. The van der Waals surface area contributed by atoms with Gasteiger partial charge in [-0.3, -0.25) is 9.80 Å². The molecule has 158 valence electrons. The number of piperazine rings is 1. The van der Waals surface area contributed by atoms with E-state index < -0.39 is 6.10 Å². The summed E-state index contributed by atoms with van der Waals surface area (Å²) in [5.74, 6) is 1.52. The van der Waals surface area contributed by atoms with E-state index in [1.165, 1.54) is 5.56 Å². The molecule has 1 fully saturated rings. The van der Waals surface area contributed by atoms with E-state index in [9.17, 15) is 5.11 Å². The summed E-state index contributed by atoms with van der Waals surface area (Å²) in [5.41, 5.74) is 1.35. The molecule has 1 atom stereocenters. The zero-order valence-electron chi connectivity index (χ0n) is 17.2. The van der Waals surface area contributed by atoms with Crippen LogP contribution >= 0.6 is 0 Å². The van der Waals surface area contributed by atoms with Gasteiger partial charge >= 0.3 is 0 Å². The van der Waals surface area contributed by atoms with Crippen molar-refractivity contribution in [3.63, 3.8) is 0 Å². The number of hydrogen-bond donors (Lipinski definition) is 1. The fraction of sp³-hybridized carbons (Fsp3) is 0.478. The summed E-state index contributed by atoms with van der Waals surface area (Å²) in [4.78, 5) is 4.77. The molecule has 6 heteroatoms. The number of hydrogen-bond acceptors (Lipinski definition) is 6. The summed E-state index contributed by atoms with van der Waals surface area (Å²) in [6.07, 6.45) is -0.479. The minimum Gasteiger partial charge on any atom is -0.497 e. The van der Waals surface area contributed by atoms with Gasteiger partial charge in [0.2, 0.25) is 0 Å². The topological polar surface area (TPSA) is 54.4 Å². The number of ether oxygens (including phenoxy) is 3. The minimum absolute atomic E-state index is 0.325. The second kappa shape index (κ2) is 11.8. The fourth-order valence-corrected chi connectivity index (χ4v) is 3.45. The largest absolute Gasteiger partial charge is 0.497 e. The summed E-state index contributed by atoms with van der Waals surface area (Å²) >= 11 is 0. The standard InChI is InChI=1S/C23H32N2O4/c1-27-22-8-5-9-23(16-22)29-15-14-28-19-21(26)18-25-12-10-24(11-13-25)17-20-6-3-2-4-7-20/h2-9,16,21,26H,10-15,17-19H2,1H3/t21-/m0/s1. The van der Waals surface area contributed by atoms with Crippen LogP contribution < -0.4 is 9.47 Å². The Kier molecular flexibility index (Phi) is 8.77. The maximum atomic E-state index is 10.2. The first-order valence-corrected chi connectivity index (χ1v) is 10.2. The molecule has 3 rings (SSSR count). The monoisotopic (exact) mass is 400 g/mol. The third kappa shape index (κ3) is 7.66. The fourth-order valence-electron chi connectivity index (χ4n) is 3.45. The van der Waals surface area contributed by atoms with Crippen LogP contribution in [0.2, 0.25) is 0 Å². The molecule has 0 saturated carbocycles. The highest BCUT2D eigenvalue weighted by Gasteiger charge is 2.19. The average molecular weight is 401 g/mol. The van der Waals surface area contributed by atoms with Crippen molar-refractivity contribution in [1.82, 2.24) is 9.80 Å². The van der Waals surface area contributed by atoms with Gasteiger partial charge in [0.25, 0.3) is 0 Å². The molecular formula is C23H32N2O4. The van der Waals surface area contributed by atoms with Gasteiger partial charge < -0.3 is 19.3 Å². The quantitative estimate of drug-likeness (QED) is 0.584. The summed E-state index contributed by atoms with van der Waals surface area (Å²) in [7, 11) is 1.63. The van der Waals surface area contributed by atoms with E-state index in [-0.39, 0.29) is 0 Å². The second-order valence-corrected chi connectivity index (χ2v) is 7.32. The van der Waals surface area contributed by atoms with Gasteiger partial charge in [0.15, 0.2) is 0 Å². The molecule has 0 spiro atoms. The van der Waals surface area contributed by atoms with Crippen molar-refractivity contribution < 1.29 is 19.3 Å². The van der Waals surface area contributed by atoms with Crippen LogP contribution in [0.1, 0.15) is 5.56 Å². The summed E-state index contributed by atoms with van der Waals surface area (Å²) in [6, 6.07) is 18.1. The molecule has 0 aliphatic carbocycles. The number of aliphatic hydroxyl groups is 1. The van der Waals surface area contributed by atoms with Gasteiger partial charge in [0, 0.05) is 45.3 Å². The van der Waals surface area contributed by atoms with Gasteiger partial charge in [-0.15, -0.1) is 0 Å². The van der Waals surface area contributed by atoms with Gasteiger partial charge in [-0.25, -0.2) is 0 Å². The third-order valence-electron chi connectivity index (χ3n) is 5.03. The Labute approximate surface area is 173 Å². The molecule has 0 bridgehead atoms. The lowest BCUT2D eigenvalue weighted by atomic mass is 10.2. The summed E-state index contributed by atoms with van der Waals surface area (Å²) in [6.45, 7) is 6.85. The van der Waals surface area contributed by atoms with Gasteiger partial charge in [-0.2, -0.15) is 0 Å². The summed E-state index contributed by atoms with van der Waals surface area (Å²) < 4.78 is 16.4. The Hall–Kier alpha value is -2.12. The Balaban J connectivity index is 1.25. The number of benzene rings is 2. The lowest BCUT2D eigenvalue weighted by Gasteiger charge is -2.35. The van der Waals surface area contributed by atoms with Crippen molar-refractivity contribution in [2.24, 2.45) is 0 Å².